The summed E-state index contributed by atoms with van der Waals surface area (Å²) in [6.45, 7) is 12.0. The Bertz CT molecular complexity index is 469. The van der Waals surface area contributed by atoms with Crippen LogP contribution in [0.3, 0.4) is 0 Å². The smallest absolute Gasteiger partial charge is 0.239 e. The van der Waals surface area contributed by atoms with Gasteiger partial charge in [-0.15, -0.1) is 0 Å². The molecule has 1 aliphatic heterocycles. The molecule has 0 bridgehead atoms. The molecule has 1 N–H and O–H groups in total. The normalized spacial score (nSPS) is 19.2. The quantitative estimate of drug-likeness (QED) is 0.842. The van der Waals surface area contributed by atoms with Crippen LogP contribution < -0.4 is 10.2 Å². The molecule has 0 aliphatic carbocycles. The third-order valence-electron chi connectivity index (χ3n) is 3.50. The number of hydrogen-bond acceptors (Lipinski definition) is 2. The van der Waals surface area contributed by atoms with E-state index >= 15 is 0 Å². The van der Waals surface area contributed by atoms with Gasteiger partial charge in [0.2, 0.25) is 5.91 Å². The largest absolute Gasteiger partial charge is 0.360 e. The zero-order valence-electron chi connectivity index (χ0n) is 12.6. The first-order chi connectivity index (χ1) is 8.67. The zero-order chi connectivity index (χ0) is 14.3. The number of piperazine rings is 1. The van der Waals surface area contributed by atoms with Crippen molar-refractivity contribution >= 4 is 11.6 Å². The molecular weight excluding hydrogens is 236 g/mol. The lowest BCUT2D eigenvalue weighted by Gasteiger charge is -2.39. The summed E-state index contributed by atoms with van der Waals surface area (Å²) in [5.41, 5.74) is 2.43. The summed E-state index contributed by atoms with van der Waals surface area (Å²) in [6.07, 6.45) is 0. The van der Waals surface area contributed by atoms with E-state index in [4.69, 9.17) is 0 Å². The molecule has 0 atom stereocenters. The second-order valence-corrected chi connectivity index (χ2v) is 7.08. The lowest BCUT2D eigenvalue weighted by Crippen LogP contribution is -2.60. The highest BCUT2D eigenvalue weighted by molar-refractivity contribution is 5.83. The monoisotopic (exact) mass is 260 g/mol. The van der Waals surface area contributed by atoms with Crippen LogP contribution in [0.1, 0.15) is 40.2 Å². The number of amides is 1. The predicted octanol–water partition coefficient (Wildman–Crippen LogP) is 2.70. The molecule has 0 unspecified atom stereocenters. The van der Waals surface area contributed by atoms with Crippen LogP contribution >= 0.6 is 0 Å². The van der Waals surface area contributed by atoms with Crippen molar-refractivity contribution in [1.29, 1.82) is 0 Å². The molecule has 3 nitrogen and oxygen atoms in total. The molecule has 1 aromatic rings. The first-order valence-electron chi connectivity index (χ1n) is 6.84. The van der Waals surface area contributed by atoms with E-state index < -0.39 is 0 Å². The summed E-state index contributed by atoms with van der Waals surface area (Å²) in [6, 6.07) is 8.56. The first-order valence-corrected chi connectivity index (χ1v) is 6.84. The van der Waals surface area contributed by atoms with Crippen LogP contribution in [0.25, 0.3) is 0 Å². The highest BCUT2D eigenvalue weighted by atomic mass is 16.2. The summed E-state index contributed by atoms with van der Waals surface area (Å²) in [5.74, 6) is 0.0937. The van der Waals surface area contributed by atoms with Gasteiger partial charge in [0.1, 0.15) is 0 Å². The van der Waals surface area contributed by atoms with Crippen LogP contribution in [-0.4, -0.2) is 24.5 Å². The van der Waals surface area contributed by atoms with Crippen LogP contribution in [0.4, 0.5) is 5.69 Å². The van der Waals surface area contributed by atoms with E-state index in [1.54, 1.807) is 0 Å². The van der Waals surface area contributed by atoms with E-state index in [1.165, 1.54) is 5.56 Å². The average Bonchev–Trinajstić information content (AvgIpc) is 2.25. The Hall–Kier alpha value is -1.51. The second-order valence-electron chi connectivity index (χ2n) is 7.08. The fourth-order valence-electron chi connectivity index (χ4n) is 2.52. The van der Waals surface area contributed by atoms with E-state index in [-0.39, 0.29) is 16.9 Å². The van der Waals surface area contributed by atoms with E-state index in [9.17, 15) is 4.79 Å². The molecule has 1 heterocycles. The standard InChI is InChI=1S/C16H24N2O/c1-15(2,3)12-6-8-13(9-7-12)18-10-14(19)17-16(4,5)11-18/h6-9H,10-11H2,1-5H3,(H,17,19). The molecule has 1 fully saturated rings. The Morgan fingerprint density at radius 2 is 1.74 bits per heavy atom. The number of hydrogen-bond donors (Lipinski definition) is 1. The summed E-state index contributed by atoms with van der Waals surface area (Å²) in [5, 5.41) is 3.01. The number of benzene rings is 1. The molecule has 1 aromatic carbocycles. The van der Waals surface area contributed by atoms with E-state index in [0.29, 0.717) is 6.54 Å². The van der Waals surface area contributed by atoms with E-state index in [2.05, 4.69) is 69.1 Å². The van der Waals surface area contributed by atoms with Gasteiger partial charge >= 0.3 is 0 Å². The summed E-state index contributed by atoms with van der Waals surface area (Å²) >= 11 is 0. The number of carbonyl (C=O) groups is 1. The van der Waals surface area contributed by atoms with Gasteiger partial charge < -0.3 is 10.2 Å². The summed E-state index contributed by atoms with van der Waals surface area (Å²) in [4.78, 5) is 13.9. The van der Waals surface area contributed by atoms with Gasteiger partial charge in [-0.05, 0) is 37.0 Å². The third-order valence-corrected chi connectivity index (χ3v) is 3.50. The number of carbonyl (C=O) groups excluding carboxylic acids is 1. The van der Waals surface area contributed by atoms with Gasteiger partial charge in [0.05, 0.1) is 12.1 Å². The van der Waals surface area contributed by atoms with Gasteiger partial charge in [-0.25, -0.2) is 0 Å². The second kappa shape index (κ2) is 4.55. The number of nitrogens with one attached hydrogen (secondary N) is 1. The Kier molecular flexibility index (Phi) is 3.33. The van der Waals surface area contributed by atoms with Crippen molar-refractivity contribution < 1.29 is 4.79 Å². The maximum atomic E-state index is 11.7. The number of rotatable bonds is 1. The van der Waals surface area contributed by atoms with Crippen molar-refractivity contribution in [3.63, 3.8) is 0 Å². The molecule has 0 aromatic heterocycles. The molecule has 1 amide bonds. The summed E-state index contributed by atoms with van der Waals surface area (Å²) in [7, 11) is 0. The van der Waals surface area contributed by atoms with Crippen molar-refractivity contribution in [2.24, 2.45) is 0 Å². The Labute approximate surface area is 116 Å². The topological polar surface area (TPSA) is 32.3 Å². The SMILES string of the molecule is CC1(C)CN(c2ccc(C(C)(C)C)cc2)CC(=O)N1. The predicted molar refractivity (Wildman–Crippen MR) is 79.6 cm³/mol. The van der Waals surface area contributed by atoms with E-state index in [1.807, 2.05) is 0 Å². The minimum atomic E-state index is -0.169. The number of anilines is 1. The minimum Gasteiger partial charge on any atom is -0.360 e. The molecule has 0 spiro atoms. The minimum absolute atomic E-state index is 0.0937. The van der Waals surface area contributed by atoms with Crippen molar-refractivity contribution in [3.05, 3.63) is 29.8 Å². The van der Waals surface area contributed by atoms with Crippen LogP contribution in [0.5, 0.6) is 0 Å². The van der Waals surface area contributed by atoms with Gasteiger partial charge in [-0.1, -0.05) is 32.9 Å². The zero-order valence-corrected chi connectivity index (χ0v) is 12.6. The third kappa shape index (κ3) is 3.28. The Morgan fingerprint density at radius 3 is 2.21 bits per heavy atom. The van der Waals surface area contributed by atoms with Gasteiger partial charge in [-0.2, -0.15) is 0 Å². The first kappa shape index (κ1) is 13.9. The molecule has 19 heavy (non-hydrogen) atoms. The maximum Gasteiger partial charge on any atom is 0.239 e. The van der Waals surface area contributed by atoms with Crippen LogP contribution in [0.15, 0.2) is 24.3 Å². The highest BCUT2D eigenvalue weighted by Gasteiger charge is 2.30. The van der Waals surface area contributed by atoms with E-state index in [0.717, 1.165) is 12.2 Å². The lowest BCUT2D eigenvalue weighted by atomic mass is 9.87. The molecule has 0 saturated carbocycles. The van der Waals surface area contributed by atoms with Crippen molar-refractivity contribution in [3.8, 4) is 0 Å². The van der Waals surface area contributed by atoms with Crippen LogP contribution in [0, 0.1) is 0 Å². The fourth-order valence-corrected chi connectivity index (χ4v) is 2.52. The molecular formula is C16H24N2O. The maximum absolute atomic E-state index is 11.7. The molecule has 0 radical (unpaired) electrons. The number of nitrogens with zero attached hydrogens (tertiary/aromatic N) is 1. The van der Waals surface area contributed by atoms with Crippen molar-refractivity contribution in [2.75, 3.05) is 18.0 Å². The average molecular weight is 260 g/mol. The Balaban J connectivity index is 2.20. The molecule has 104 valence electrons. The van der Waals surface area contributed by atoms with Crippen molar-refractivity contribution in [2.45, 2.75) is 45.6 Å². The molecule has 2 rings (SSSR count). The molecule has 3 heteroatoms. The van der Waals surface area contributed by atoms with Gasteiger partial charge in [0.15, 0.2) is 0 Å². The molecule has 1 saturated heterocycles. The van der Waals surface area contributed by atoms with Gasteiger partial charge in [0.25, 0.3) is 0 Å². The fraction of sp³-hybridized carbons (Fsp3) is 0.562. The van der Waals surface area contributed by atoms with Crippen LogP contribution in [0.2, 0.25) is 0 Å². The Morgan fingerprint density at radius 1 is 1.16 bits per heavy atom. The van der Waals surface area contributed by atoms with Crippen LogP contribution in [-0.2, 0) is 10.2 Å². The van der Waals surface area contributed by atoms with Crippen molar-refractivity contribution in [1.82, 2.24) is 5.32 Å². The van der Waals surface area contributed by atoms with Gasteiger partial charge in [-0.3, -0.25) is 4.79 Å². The molecule has 1 aliphatic rings. The lowest BCUT2D eigenvalue weighted by molar-refractivity contribution is -0.122. The van der Waals surface area contributed by atoms with Gasteiger partial charge in [0, 0.05) is 12.2 Å². The summed E-state index contributed by atoms with van der Waals surface area (Å²) < 4.78 is 0. The highest BCUT2D eigenvalue weighted by Crippen LogP contribution is 2.26.